The zero-order valence-corrected chi connectivity index (χ0v) is 16.6. The van der Waals surface area contributed by atoms with Gasteiger partial charge in [-0.25, -0.2) is 4.98 Å². The molecule has 0 aliphatic heterocycles. The van der Waals surface area contributed by atoms with Gasteiger partial charge >= 0.3 is 6.18 Å². The molecule has 3 rings (SSSR count). The van der Waals surface area contributed by atoms with Crippen molar-refractivity contribution in [2.75, 3.05) is 17.7 Å². The van der Waals surface area contributed by atoms with Crippen LogP contribution in [0.3, 0.4) is 0 Å². The highest BCUT2D eigenvalue weighted by molar-refractivity contribution is 5.64. The minimum absolute atomic E-state index is 0.0194. The second kappa shape index (κ2) is 8.89. The van der Waals surface area contributed by atoms with E-state index in [4.69, 9.17) is 9.47 Å². The molecule has 3 aromatic rings. The summed E-state index contributed by atoms with van der Waals surface area (Å²) in [5, 5.41) is 5.60. The molecule has 0 unspecified atom stereocenters. The lowest BCUT2D eigenvalue weighted by Gasteiger charge is -2.15. The number of anilines is 4. The topological polar surface area (TPSA) is 68.3 Å². The monoisotopic (exact) mass is 418 g/mol. The van der Waals surface area contributed by atoms with Crippen molar-refractivity contribution in [1.82, 2.24) is 9.97 Å². The summed E-state index contributed by atoms with van der Waals surface area (Å²) >= 11 is 0. The minimum atomic E-state index is -4.62. The smallest absolute Gasteiger partial charge is 0.421 e. The van der Waals surface area contributed by atoms with Crippen LogP contribution in [0, 0.1) is 0 Å². The van der Waals surface area contributed by atoms with Gasteiger partial charge in [0.1, 0.15) is 22.9 Å². The predicted molar refractivity (Wildman–Crippen MR) is 109 cm³/mol. The van der Waals surface area contributed by atoms with Crippen LogP contribution < -0.4 is 20.1 Å². The SMILES string of the molecule is COc1cccc(Nc2nc(Nc3ccc(OC(C)C)cc3)ncc2C(F)(F)F)c1. The van der Waals surface area contributed by atoms with Gasteiger partial charge in [0, 0.05) is 23.6 Å². The van der Waals surface area contributed by atoms with Gasteiger partial charge in [0.25, 0.3) is 0 Å². The molecule has 0 amide bonds. The van der Waals surface area contributed by atoms with Crippen molar-refractivity contribution in [2.24, 2.45) is 0 Å². The van der Waals surface area contributed by atoms with Gasteiger partial charge in [-0.05, 0) is 50.2 Å². The highest BCUT2D eigenvalue weighted by Crippen LogP contribution is 2.35. The van der Waals surface area contributed by atoms with E-state index in [0.717, 1.165) is 6.20 Å². The summed E-state index contributed by atoms with van der Waals surface area (Å²) in [6.45, 7) is 3.83. The van der Waals surface area contributed by atoms with Crippen LogP contribution in [0.4, 0.5) is 36.3 Å². The average molecular weight is 418 g/mol. The zero-order chi connectivity index (χ0) is 21.7. The summed E-state index contributed by atoms with van der Waals surface area (Å²) in [5.74, 6) is 0.841. The molecule has 158 valence electrons. The Morgan fingerprint density at radius 1 is 0.933 bits per heavy atom. The summed E-state index contributed by atoms with van der Waals surface area (Å²) in [6, 6.07) is 13.5. The van der Waals surface area contributed by atoms with Crippen molar-refractivity contribution in [2.45, 2.75) is 26.1 Å². The van der Waals surface area contributed by atoms with E-state index < -0.39 is 11.7 Å². The van der Waals surface area contributed by atoms with Crippen molar-refractivity contribution >= 4 is 23.1 Å². The van der Waals surface area contributed by atoms with Crippen molar-refractivity contribution in [3.8, 4) is 11.5 Å². The maximum Gasteiger partial charge on any atom is 0.421 e. The molecule has 6 nitrogen and oxygen atoms in total. The Morgan fingerprint density at radius 2 is 1.67 bits per heavy atom. The third kappa shape index (κ3) is 5.53. The number of halogens is 3. The predicted octanol–water partition coefficient (Wildman–Crippen LogP) is 5.78. The molecule has 0 saturated heterocycles. The Morgan fingerprint density at radius 3 is 2.30 bits per heavy atom. The third-order valence-electron chi connectivity index (χ3n) is 3.91. The van der Waals surface area contributed by atoms with Crippen molar-refractivity contribution in [3.05, 3.63) is 60.3 Å². The Labute approximate surface area is 172 Å². The maximum atomic E-state index is 13.4. The number of ether oxygens (including phenoxy) is 2. The lowest BCUT2D eigenvalue weighted by atomic mass is 10.2. The first-order valence-corrected chi connectivity index (χ1v) is 9.13. The van der Waals surface area contributed by atoms with Crippen molar-refractivity contribution < 1.29 is 22.6 Å². The van der Waals surface area contributed by atoms with E-state index in [1.54, 1.807) is 48.5 Å². The van der Waals surface area contributed by atoms with E-state index in [1.807, 2.05) is 13.8 Å². The lowest BCUT2D eigenvalue weighted by Crippen LogP contribution is -2.12. The summed E-state index contributed by atoms with van der Waals surface area (Å²) < 4.78 is 51.0. The van der Waals surface area contributed by atoms with E-state index in [1.165, 1.54) is 7.11 Å². The molecule has 0 fully saturated rings. The van der Waals surface area contributed by atoms with E-state index in [-0.39, 0.29) is 17.9 Å². The number of hydrogen-bond acceptors (Lipinski definition) is 6. The molecule has 1 heterocycles. The van der Waals surface area contributed by atoms with E-state index in [0.29, 0.717) is 22.9 Å². The quantitative estimate of drug-likeness (QED) is 0.507. The van der Waals surface area contributed by atoms with Gasteiger partial charge < -0.3 is 20.1 Å². The van der Waals surface area contributed by atoms with Gasteiger partial charge in [-0.15, -0.1) is 0 Å². The van der Waals surface area contributed by atoms with Crippen LogP contribution in [0.1, 0.15) is 19.4 Å². The minimum Gasteiger partial charge on any atom is -0.497 e. The molecule has 0 aliphatic carbocycles. The lowest BCUT2D eigenvalue weighted by molar-refractivity contribution is -0.137. The molecule has 0 saturated carbocycles. The van der Waals surface area contributed by atoms with Gasteiger partial charge in [0.15, 0.2) is 0 Å². The summed E-state index contributed by atoms with van der Waals surface area (Å²) in [4.78, 5) is 7.84. The zero-order valence-electron chi connectivity index (χ0n) is 16.6. The number of nitrogens with zero attached hydrogens (tertiary/aromatic N) is 2. The Balaban J connectivity index is 1.86. The number of nitrogens with one attached hydrogen (secondary N) is 2. The van der Waals surface area contributed by atoms with Gasteiger partial charge in [0.05, 0.1) is 13.2 Å². The first-order chi connectivity index (χ1) is 14.2. The second-order valence-corrected chi connectivity index (χ2v) is 6.63. The summed E-state index contributed by atoms with van der Waals surface area (Å²) in [7, 11) is 1.48. The standard InChI is InChI=1S/C21H21F3N4O2/c1-13(2)30-16-9-7-14(8-10-16)27-20-25-12-18(21(22,23)24)19(28-20)26-15-5-4-6-17(11-15)29-3/h4-13H,1-3H3,(H2,25,26,27,28). The van der Waals surface area contributed by atoms with Crippen LogP contribution >= 0.6 is 0 Å². The van der Waals surface area contributed by atoms with Gasteiger partial charge in [-0.1, -0.05) is 6.07 Å². The fraction of sp³-hybridized carbons (Fsp3) is 0.238. The molecule has 0 radical (unpaired) electrons. The third-order valence-corrected chi connectivity index (χ3v) is 3.91. The fourth-order valence-corrected chi connectivity index (χ4v) is 2.60. The Kier molecular flexibility index (Phi) is 6.29. The molecule has 0 aliphatic rings. The number of methoxy groups -OCH3 is 1. The normalized spacial score (nSPS) is 11.3. The fourth-order valence-electron chi connectivity index (χ4n) is 2.60. The second-order valence-electron chi connectivity index (χ2n) is 6.63. The van der Waals surface area contributed by atoms with Crippen molar-refractivity contribution in [1.29, 1.82) is 0 Å². The molecule has 0 atom stereocenters. The van der Waals surface area contributed by atoms with Crippen LogP contribution in [0.5, 0.6) is 11.5 Å². The number of rotatable bonds is 7. The number of hydrogen-bond donors (Lipinski definition) is 2. The number of alkyl halides is 3. The summed E-state index contributed by atoms with van der Waals surface area (Å²) in [6.07, 6.45) is -3.84. The molecule has 0 bridgehead atoms. The van der Waals surface area contributed by atoms with Crippen LogP contribution in [0.15, 0.2) is 54.7 Å². The van der Waals surface area contributed by atoms with Crippen LogP contribution in [-0.4, -0.2) is 23.2 Å². The van der Waals surface area contributed by atoms with Crippen LogP contribution in [0.2, 0.25) is 0 Å². The molecular formula is C21H21F3N4O2. The maximum absolute atomic E-state index is 13.4. The highest BCUT2D eigenvalue weighted by atomic mass is 19.4. The largest absolute Gasteiger partial charge is 0.497 e. The Hall–Kier alpha value is -3.49. The van der Waals surface area contributed by atoms with E-state index in [9.17, 15) is 13.2 Å². The molecule has 9 heteroatoms. The first-order valence-electron chi connectivity index (χ1n) is 9.13. The Bertz CT molecular complexity index is 992. The number of aromatic nitrogens is 2. The van der Waals surface area contributed by atoms with Crippen LogP contribution in [0.25, 0.3) is 0 Å². The molecule has 1 aromatic heterocycles. The highest BCUT2D eigenvalue weighted by Gasteiger charge is 2.35. The van der Waals surface area contributed by atoms with E-state index >= 15 is 0 Å². The van der Waals surface area contributed by atoms with Gasteiger partial charge in [-0.2, -0.15) is 18.2 Å². The molecule has 2 N–H and O–H groups in total. The first kappa shape index (κ1) is 21.2. The molecule has 30 heavy (non-hydrogen) atoms. The summed E-state index contributed by atoms with van der Waals surface area (Å²) in [5.41, 5.74) is 0.0365. The molecule has 0 spiro atoms. The van der Waals surface area contributed by atoms with Gasteiger partial charge in [-0.3, -0.25) is 0 Å². The molecular weight excluding hydrogens is 397 g/mol. The average Bonchev–Trinajstić information content (AvgIpc) is 2.68. The molecule has 2 aromatic carbocycles. The van der Waals surface area contributed by atoms with Gasteiger partial charge in [0.2, 0.25) is 5.95 Å². The van der Waals surface area contributed by atoms with Crippen molar-refractivity contribution in [3.63, 3.8) is 0 Å². The van der Waals surface area contributed by atoms with Crippen LogP contribution in [-0.2, 0) is 6.18 Å². The number of benzene rings is 2. The van der Waals surface area contributed by atoms with E-state index in [2.05, 4.69) is 20.6 Å².